The Morgan fingerprint density at radius 2 is 1.88 bits per heavy atom. The Morgan fingerprint density at radius 1 is 1.18 bits per heavy atom. The maximum absolute atomic E-state index is 10.5. The third-order valence-electron chi connectivity index (χ3n) is 2.79. The molecule has 0 bridgehead atoms. The molecule has 0 saturated heterocycles. The monoisotopic (exact) mass is 226 g/mol. The zero-order valence-electron chi connectivity index (χ0n) is 9.68. The van der Waals surface area contributed by atoms with Crippen LogP contribution in [0.1, 0.15) is 18.9 Å². The first-order chi connectivity index (χ1) is 8.16. The van der Waals surface area contributed by atoms with Gasteiger partial charge in [0, 0.05) is 0 Å². The van der Waals surface area contributed by atoms with Crippen LogP contribution in [0.5, 0.6) is 0 Å². The molecule has 0 aromatic heterocycles. The van der Waals surface area contributed by atoms with E-state index in [2.05, 4.69) is 24.3 Å². The maximum Gasteiger partial charge on any atom is 0.307 e. The molecule has 0 radical (unpaired) electrons. The second-order valence-corrected chi connectivity index (χ2v) is 4.05. The molecule has 2 aromatic carbocycles. The topological polar surface area (TPSA) is 37.3 Å². The minimum absolute atomic E-state index is 0.0681. The van der Waals surface area contributed by atoms with Crippen LogP contribution < -0.4 is 0 Å². The fourth-order valence-electron chi connectivity index (χ4n) is 1.79. The summed E-state index contributed by atoms with van der Waals surface area (Å²) in [7, 11) is 0. The number of allylic oxidation sites excluding steroid dienone is 1. The van der Waals surface area contributed by atoms with E-state index in [1.807, 2.05) is 25.1 Å². The summed E-state index contributed by atoms with van der Waals surface area (Å²) in [6, 6.07) is 14.3. The van der Waals surface area contributed by atoms with Crippen molar-refractivity contribution in [2.45, 2.75) is 13.3 Å². The molecule has 17 heavy (non-hydrogen) atoms. The number of hydrogen-bond donors (Lipinski definition) is 1. The molecule has 0 atom stereocenters. The van der Waals surface area contributed by atoms with Crippen molar-refractivity contribution in [2.75, 3.05) is 0 Å². The first kappa shape index (κ1) is 11.4. The predicted octanol–water partition coefficient (Wildman–Crippen LogP) is 3.72. The van der Waals surface area contributed by atoms with Crippen LogP contribution in [0, 0.1) is 0 Å². The van der Waals surface area contributed by atoms with Crippen molar-refractivity contribution in [1.82, 2.24) is 0 Å². The van der Waals surface area contributed by atoms with Gasteiger partial charge in [0.15, 0.2) is 0 Å². The van der Waals surface area contributed by atoms with Crippen molar-refractivity contribution in [3.63, 3.8) is 0 Å². The molecule has 2 rings (SSSR count). The molecule has 0 aliphatic heterocycles. The van der Waals surface area contributed by atoms with Gasteiger partial charge in [-0.1, -0.05) is 42.5 Å². The zero-order chi connectivity index (χ0) is 12.3. The molecule has 2 heteroatoms. The molecule has 2 aromatic rings. The van der Waals surface area contributed by atoms with Gasteiger partial charge in [-0.3, -0.25) is 4.79 Å². The van der Waals surface area contributed by atoms with Crippen LogP contribution in [0.2, 0.25) is 0 Å². The van der Waals surface area contributed by atoms with E-state index in [4.69, 9.17) is 5.11 Å². The average Bonchev–Trinajstić information content (AvgIpc) is 2.35. The second kappa shape index (κ2) is 4.83. The van der Waals surface area contributed by atoms with E-state index in [-0.39, 0.29) is 6.42 Å². The summed E-state index contributed by atoms with van der Waals surface area (Å²) in [5, 5.41) is 11.0. The van der Waals surface area contributed by atoms with Crippen molar-refractivity contribution in [1.29, 1.82) is 0 Å². The van der Waals surface area contributed by atoms with Crippen molar-refractivity contribution in [3.8, 4) is 0 Å². The largest absolute Gasteiger partial charge is 0.481 e. The molecular formula is C15H14O2. The Balaban J connectivity index is 2.36. The summed E-state index contributed by atoms with van der Waals surface area (Å²) in [4.78, 5) is 10.5. The van der Waals surface area contributed by atoms with Gasteiger partial charge in [-0.15, -0.1) is 0 Å². The molecule has 0 amide bonds. The number of hydrogen-bond acceptors (Lipinski definition) is 1. The Kier molecular flexibility index (Phi) is 3.24. The van der Waals surface area contributed by atoms with E-state index in [1.54, 1.807) is 6.08 Å². The van der Waals surface area contributed by atoms with Crippen LogP contribution in [0.25, 0.3) is 16.3 Å². The van der Waals surface area contributed by atoms with Crippen LogP contribution in [0.3, 0.4) is 0 Å². The van der Waals surface area contributed by atoms with Gasteiger partial charge in [0.05, 0.1) is 6.42 Å². The first-order valence-electron chi connectivity index (χ1n) is 5.54. The lowest BCUT2D eigenvalue weighted by Crippen LogP contribution is -1.91. The van der Waals surface area contributed by atoms with Crippen molar-refractivity contribution in [2.24, 2.45) is 0 Å². The fourth-order valence-corrected chi connectivity index (χ4v) is 1.79. The fraction of sp³-hybridized carbons (Fsp3) is 0.133. The Morgan fingerprint density at radius 3 is 2.59 bits per heavy atom. The predicted molar refractivity (Wildman–Crippen MR) is 69.9 cm³/mol. The van der Waals surface area contributed by atoms with Crippen molar-refractivity contribution < 1.29 is 9.90 Å². The van der Waals surface area contributed by atoms with Gasteiger partial charge < -0.3 is 5.11 Å². The molecule has 0 unspecified atom stereocenters. The Labute approximate surface area is 100 Å². The number of carbonyl (C=O) groups is 1. The number of aliphatic carboxylic acids is 1. The first-order valence-corrected chi connectivity index (χ1v) is 5.54. The van der Waals surface area contributed by atoms with Gasteiger partial charge in [-0.05, 0) is 34.9 Å². The number of carboxylic acid groups (broad SMARTS) is 1. The van der Waals surface area contributed by atoms with Crippen molar-refractivity contribution in [3.05, 3.63) is 54.1 Å². The number of fused-ring (bicyclic) bond motifs is 1. The van der Waals surface area contributed by atoms with Crippen LogP contribution in [-0.2, 0) is 4.79 Å². The number of carboxylic acids is 1. The van der Waals surface area contributed by atoms with Gasteiger partial charge in [0.25, 0.3) is 0 Å². The molecule has 86 valence electrons. The number of rotatable bonds is 3. The van der Waals surface area contributed by atoms with E-state index in [0.717, 1.165) is 11.1 Å². The van der Waals surface area contributed by atoms with Crippen LogP contribution in [0.15, 0.2) is 48.5 Å². The van der Waals surface area contributed by atoms with E-state index >= 15 is 0 Å². The molecular weight excluding hydrogens is 212 g/mol. The van der Waals surface area contributed by atoms with Gasteiger partial charge in [0.2, 0.25) is 0 Å². The Hall–Kier alpha value is -2.09. The molecule has 2 nitrogen and oxygen atoms in total. The maximum atomic E-state index is 10.5. The van der Waals surface area contributed by atoms with Gasteiger partial charge in [-0.2, -0.15) is 0 Å². The number of benzene rings is 2. The Bertz CT molecular complexity index is 582. The normalized spacial score (nSPS) is 11.7. The summed E-state index contributed by atoms with van der Waals surface area (Å²) < 4.78 is 0. The summed E-state index contributed by atoms with van der Waals surface area (Å²) in [5.41, 5.74) is 2.07. The lowest BCUT2D eigenvalue weighted by atomic mass is 10.0. The third kappa shape index (κ3) is 2.72. The molecule has 0 spiro atoms. The van der Waals surface area contributed by atoms with Gasteiger partial charge in [-0.25, -0.2) is 0 Å². The average molecular weight is 226 g/mol. The van der Waals surface area contributed by atoms with E-state index in [9.17, 15) is 4.79 Å². The van der Waals surface area contributed by atoms with Gasteiger partial charge >= 0.3 is 5.97 Å². The lowest BCUT2D eigenvalue weighted by molar-refractivity contribution is -0.135. The lowest BCUT2D eigenvalue weighted by Gasteiger charge is -2.04. The highest BCUT2D eigenvalue weighted by Gasteiger charge is 1.99. The molecule has 0 saturated carbocycles. The van der Waals surface area contributed by atoms with Gasteiger partial charge in [0.1, 0.15) is 0 Å². The summed E-state index contributed by atoms with van der Waals surface area (Å²) in [6.45, 7) is 1.94. The molecule has 1 N–H and O–H groups in total. The van der Waals surface area contributed by atoms with Crippen LogP contribution in [0.4, 0.5) is 0 Å². The summed E-state index contributed by atoms with van der Waals surface area (Å²) in [5.74, 6) is -0.801. The highest BCUT2D eigenvalue weighted by atomic mass is 16.4. The van der Waals surface area contributed by atoms with Crippen LogP contribution in [-0.4, -0.2) is 11.1 Å². The quantitative estimate of drug-likeness (QED) is 0.866. The summed E-state index contributed by atoms with van der Waals surface area (Å²) in [6.07, 6.45) is 1.81. The van der Waals surface area contributed by atoms with Crippen LogP contribution >= 0.6 is 0 Å². The molecule has 0 aliphatic rings. The smallest absolute Gasteiger partial charge is 0.307 e. The van der Waals surface area contributed by atoms with E-state index < -0.39 is 5.97 Å². The highest BCUT2D eigenvalue weighted by Crippen LogP contribution is 2.21. The zero-order valence-corrected chi connectivity index (χ0v) is 9.68. The summed E-state index contributed by atoms with van der Waals surface area (Å²) >= 11 is 0. The highest BCUT2D eigenvalue weighted by molar-refractivity contribution is 5.86. The van der Waals surface area contributed by atoms with E-state index in [1.165, 1.54) is 10.8 Å². The molecule has 0 heterocycles. The minimum Gasteiger partial charge on any atom is -0.481 e. The molecule has 0 aliphatic carbocycles. The van der Waals surface area contributed by atoms with Crippen molar-refractivity contribution >= 4 is 22.3 Å². The second-order valence-electron chi connectivity index (χ2n) is 4.05. The van der Waals surface area contributed by atoms with E-state index in [0.29, 0.717) is 0 Å². The standard InChI is InChI=1S/C15H14O2/c1-11(6-9-15(16)17)13-8-7-12-4-2-3-5-14(12)10-13/h2-8,10H,9H2,1H3,(H,16,17)/b11-6+. The molecule has 0 fully saturated rings. The SMILES string of the molecule is C/C(=C\CC(=O)O)c1ccc2ccccc2c1. The minimum atomic E-state index is -0.801. The third-order valence-corrected chi connectivity index (χ3v) is 2.79.